The summed E-state index contributed by atoms with van der Waals surface area (Å²) in [4.78, 5) is 24.4. The van der Waals surface area contributed by atoms with E-state index in [0.717, 1.165) is 0 Å². The number of benzene rings is 1. The van der Waals surface area contributed by atoms with Crippen LogP contribution in [0, 0.1) is 0 Å². The van der Waals surface area contributed by atoms with Crippen LogP contribution in [0.3, 0.4) is 0 Å². The zero-order chi connectivity index (χ0) is 13.7. The molecule has 2 N–H and O–H groups in total. The van der Waals surface area contributed by atoms with Crippen molar-refractivity contribution in [3.63, 3.8) is 0 Å². The van der Waals surface area contributed by atoms with Gasteiger partial charge in [-0.05, 0) is 12.1 Å². The number of aromatic amines is 1. The van der Waals surface area contributed by atoms with Gasteiger partial charge in [0.1, 0.15) is 0 Å². The SMILES string of the molecule is O=C(O)CCN(C(=O)c1cn[nH]c1)c1ccccc1. The minimum atomic E-state index is -0.944. The lowest BCUT2D eigenvalue weighted by molar-refractivity contribution is -0.136. The molecule has 6 nitrogen and oxygen atoms in total. The Morgan fingerprint density at radius 1 is 1.26 bits per heavy atom. The van der Waals surface area contributed by atoms with E-state index in [2.05, 4.69) is 10.2 Å². The van der Waals surface area contributed by atoms with E-state index in [-0.39, 0.29) is 18.9 Å². The van der Waals surface area contributed by atoms with E-state index < -0.39 is 5.97 Å². The fourth-order valence-corrected chi connectivity index (χ4v) is 1.69. The second-order valence-electron chi connectivity index (χ2n) is 3.92. The number of hydrogen-bond acceptors (Lipinski definition) is 3. The Kier molecular flexibility index (Phi) is 3.92. The van der Waals surface area contributed by atoms with Crippen molar-refractivity contribution in [2.45, 2.75) is 6.42 Å². The van der Waals surface area contributed by atoms with Crippen LogP contribution in [0.2, 0.25) is 0 Å². The van der Waals surface area contributed by atoms with Crippen LogP contribution < -0.4 is 4.90 Å². The van der Waals surface area contributed by atoms with Crippen LogP contribution in [-0.4, -0.2) is 33.7 Å². The summed E-state index contributed by atoms with van der Waals surface area (Å²) in [6.07, 6.45) is 2.79. The molecule has 0 bridgehead atoms. The number of aliphatic carboxylic acids is 1. The molecule has 1 aromatic carbocycles. The average molecular weight is 259 g/mol. The third-order valence-corrected chi connectivity index (χ3v) is 2.61. The lowest BCUT2D eigenvalue weighted by Crippen LogP contribution is -2.32. The van der Waals surface area contributed by atoms with Crippen molar-refractivity contribution >= 4 is 17.6 Å². The van der Waals surface area contributed by atoms with E-state index in [1.807, 2.05) is 6.07 Å². The molecule has 19 heavy (non-hydrogen) atoms. The number of hydrogen-bond donors (Lipinski definition) is 2. The van der Waals surface area contributed by atoms with Gasteiger partial charge in [0, 0.05) is 18.4 Å². The Morgan fingerprint density at radius 2 is 2.00 bits per heavy atom. The maximum atomic E-state index is 12.3. The molecule has 98 valence electrons. The number of para-hydroxylation sites is 1. The van der Waals surface area contributed by atoms with Gasteiger partial charge < -0.3 is 10.0 Å². The van der Waals surface area contributed by atoms with Crippen LogP contribution in [0.15, 0.2) is 42.7 Å². The maximum absolute atomic E-state index is 12.3. The number of aromatic nitrogens is 2. The predicted octanol–water partition coefficient (Wildman–Crippen LogP) is 1.53. The van der Waals surface area contributed by atoms with E-state index in [0.29, 0.717) is 11.3 Å². The highest BCUT2D eigenvalue weighted by atomic mass is 16.4. The lowest BCUT2D eigenvalue weighted by Gasteiger charge is -2.21. The summed E-state index contributed by atoms with van der Waals surface area (Å²) in [5, 5.41) is 15.1. The van der Waals surface area contributed by atoms with Crippen molar-refractivity contribution in [1.29, 1.82) is 0 Å². The second kappa shape index (κ2) is 5.81. The number of nitrogens with zero attached hydrogens (tertiary/aromatic N) is 2. The second-order valence-corrected chi connectivity index (χ2v) is 3.92. The molecule has 0 saturated carbocycles. The minimum absolute atomic E-state index is 0.113. The summed E-state index contributed by atoms with van der Waals surface area (Å²) in [6, 6.07) is 8.96. The van der Waals surface area contributed by atoms with Crippen molar-refractivity contribution in [1.82, 2.24) is 10.2 Å². The zero-order valence-corrected chi connectivity index (χ0v) is 10.1. The van der Waals surface area contributed by atoms with E-state index >= 15 is 0 Å². The molecular formula is C13H13N3O3. The first kappa shape index (κ1) is 12.8. The van der Waals surface area contributed by atoms with Gasteiger partial charge in [0.15, 0.2) is 0 Å². The zero-order valence-electron chi connectivity index (χ0n) is 10.1. The van der Waals surface area contributed by atoms with Crippen LogP contribution in [0.5, 0.6) is 0 Å². The van der Waals surface area contributed by atoms with Crippen molar-refractivity contribution in [2.24, 2.45) is 0 Å². The van der Waals surface area contributed by atoms with Gasteiger partial charge in [-0.1, -0.05) is 18.2 Å². The Labute approximate surface area is 109 Å². The van der Waals surface area contributed by atoms with E-state index in [1.54, 1.807) is 24.3 Å². The summed E-state index contributed by atoms with van der Waals surface area (Å²) >= 11 is 0. The van der Waals surface area contributed by atoms with Gasteiger partial charge in [-0.2, -0.15) is 5.10 Å². The van der Waals surface area contributed by atoms with Crippen molar-refractivity contribution < 1.29 is 14.7 Å². The fraction of sp³-hybridized carbons (Fsp3) is 0.154. The predicted molar refractivity (Wildman–Crippen MR) is 69.0 cm³/mol. The standard InChI is InChI=1S/C13H13N3O3/c17-12(18)6-7-16(11-4-2-1-3-5-11)13(19)10-8-14-15-9-10/h1-5,8-9H,6-7H2,(H,14,15)(H,17,18). The Hall–Kier alpha value is -2.63. The number of H-pyrrole nitrogens is 1. The molecule has 2 rings (SSSR count). The number of amides is 1. The monoisotopic (exact) mass is 259 g/mol. The molecule has 0 atom stereocenters. The van der Waals surface area contributed by atoms with E-state index in [4.69, 9.17) is 5.11 Å². The van der Waals surface area contributed by atoms with Crippen molar-refractivity contribution in [3.8, 4) is 0 Å². The Balaban J connectivity index is 2.24. The first-order chi connectivity index (χ1) is 9.18. The van der Waals surface area contributed by atoms with Crippen LogP contribution >= 0.6 is 0 Å². The highest BCUT2D eigenvalue weighted by Crippen LogP contribution is 2.16. The number of carbonyl (C=O) groups excluding carboxylic acids is 1. The number of carboxylic acids is 1. The van der Waals surface area contributed by atoms with Gasteiger partial charge in [-0.25, -0.2) is 0 Å². The largest absolute Gasteiger partial charge is 0.481 e. The smallest absolute Gasteiger partial charge is 0.305 e. The third-order valence-electron chi connectivity index (χ3n) is 2.61. The molecule has 0 aliphatic carbocycles. The lowest BCUT2D eigenvalue weighted by atomic mass is 10.2. The summed E-state index contributed by atoms with van der Waals surface area (Å²) in [5.41, 5.74) is 1.06. The first-order valence-corrected chi connectivity index (χ1v) is 5.76. The van der Waals surface area contributed by atoms with E-state index in [9.17, 15) is 9.59 Å². The van der Waals surface area contributed by atoms with Crippen molar-refractivity contribution in [3.05, 3.63) is 48.3 Å². The highest BCUT2D eigenvalue weighted by Gasteiger charge is 2.19. The molecule has 0 unspecified atom stereocenters. The molecule has 0 fully saturated rings. The normalized spacial score (nSPS) is 10.1. The molecule has 1 aromatic heterocycles. The van der Waals surface area contributed by atoms with Gasteiger partial charge in [0.25, 0.3) is 5.91 Å². The average Bonchev–Trinajstić information content (AvgIpc) is 2.93. The van der Waals surface area contributed by atoms with E-state index in [1.165, 1.54) is 17.3 Å². The quantitative estimate of drug-likeness (QED) is 0.852. The summed E-state index contributed by atoms with van der Waals surface area (Å²) in [6.45, 7) is 0.114. The summed E-state index contributed by atoms with van der Waals surface area (Å²) in [7, 11) is 0. The van der Waals surface area contributed by atoms with Crippen LogP contribution in [0.25, 0.3) is 0 Å². The van der Waals surface area contributed by atoms with Gasteiger partial charge in [-0.15, -0.1) is 0 Å². The van der Waals surface area contributed by atoms with Crippen LogP contribution in [0.1, 0.15) is 16.8 Å². The number of carboxylic acid groups (broad SMARTS) is 1. The number of anilines is 1. The molecule has 0 aliphatic heterocycles. The van der Waals surface area contributed by atoms with Crippen LogP contribution in [-0.2, 0) is 4.79 Å². The molecule has 1 amide bonds. The molecule has 0 spiro atoms. The summed E-state index contributed by atoms with van der Waals surface area (Å²) in [5.74, 6) is -1.22. The molecule has 0 saturated heterocycles. The highest BCUT2D eigenvalue weighted by molar-refractivity contribution is 6.05. The van der Waals surface area contributed by atoms with Crippen molar-refractivity contribution in [2.75, 3.05) is 11.4 Å². The number of carbonyl (C=O) groups is 2. The molecule has 2 aromatic rings. The number of nitrogens with one attached hydrogen (secondary N) is 1. The van der Waals surface area contributed by atoms with Gasteiger partial charge in [0.2, 0.25) is 0 Å². The summed E-state index contributed by atoms with van der Waals surface area (Å²) < 4.78 is 0. The van der Waals surface area contributed by atoms with Gasteiger partial charge in [0.05, 0.1) is 18.2 Å². The third kappa shape index (κ3) is 3.19. The molecule has 6 heteroatoms. The molecule has 1 heterocycles. The fourth-order valence-electron chi connectivity index (χ4n) is 1.69. The molecular weight excluding hydrogens is 246 g/mol. The minimum Gasteiger partial charge on any atom is -0.481 e. The Morgan fingerprint density at radius 3 is 2.58 bits per heavy atom. The number of rotatable bonds is 5. The van der Waals surface area contributed by atoms with Crippen LogP contribution in [0.4, 0.5) is 5.69 Å². The van der Waals surface area contributed by atoms with Gasteiger partial charge in [-0.3, -0.25) is 14.7 Å². The Bertz CT molecular complexity index is 552. The molecule has 0 radical (unpaired) electrons. The van der Waals surface area contributed by atoms with Gasteiger partial charge >= 0.3 is 5.97 Å². The first-order valence-electron chi connectivity index (χ1n) is 5.76. The topological polar surface area (TPSA) is 86.3 Å². The molecule has 0 aliphatic rings. The maximum Gasteiger partial charge on any atom is 0.305 e.